The van der Waals surface area contributed by atoms with Gasteiger partial charge in [0.05, 0.1) is 11.8 Å². The topological polar surface area (TPSA) is 37.4 Å². The van der Waals surface area contributed by atoms with E-state index in [1.807, 2.05) is 0 Å². The van der Waals surface area contributed by atoms with Crippen LogP contribution < -0.4 is 10.2 Å². The lowest BCUT2D eigenvalue weighted by molar-refractivity contribution is 0.115. The van der Waals surface area contributed by atoms with Crippen LogP contribution in [-0.4, -0.2) is 37.3 Å². The Morgan fingerprint density at radius 1 is 1.42 bits per heavy atom. The molecule has 1 N–H and O–H groups in total. The fourth-order valence-electron chi connectivity index (χ4n) is 2.41. The number of nitrogens with zero attached hydrogens (tertiary/aromatic N) is 2. The zero-order valence-electron chi connectivity index (χ0n) is 12.1. The summed E-state index contributed by atoms with van der Waals surface area (Å²) in [6.45, 7) is 8.93. The summed E-state index contributed by atoms with van der Waals surface area (Å²) >= 11 is 0. The van der Waals surface area contributed by atoms with Gasteiger partial charge in [-0.25, -0.2) is 4.98 Å². The van der Waals surface area contributed by atoms with E-state index in [1.165, 1.54) is 12.8 Å². The van der Waals surface area contributed by atoms with Crippen molar-refractivity contribution in [1.82, 2.24) is 10.3 Å². The van der Waals surface area contributed by atoms with Gasteiger partial charge in [-0.3, -0.25) is 0 Å². The molecule has 1 aliphatic rings. The van der Waals surface area contributed by atoms with Gasteiger partial charge >= 0.3 is 0 Å². The van der Waals surface area contributed by atoms with Gasteiger partial charge < -0.3 is 15.0 Å². The average Bonchev–Trinajstić information content (AvgIpc) is 2.96. The fraction of sp³-hybridized carbons (Fsp3) is 0.667. The van der Waals surface area contributed by atoms with Crippen molar-refractivity contribution >= 4 is 5.82 Å². The third-order valence-electron chi connectivity index (χ3n) is 3.50. The smallest absolute Gasteiger partial charge is 0.128 e. The molecule has 1 aromatic rings. The molecule has 1 aliphatic heterocycles. The molecule has 1 atom stereocenters. The Bertz CT molecular complexity index is 377. The normalized spacial score (nSPS) is 18.7. The number of hydrogen-bond donors (Lipinski definition) is 1. The number of ether oxygens (including phenoxy) is 1. The predicted octanol–water partition coefficient (Wildman–Crippen LogP) is 2.20. The number of nitrogens with one attached hydrogen (secondary N) is 1. The van der Waals surface area contributed by atoms with Crippen LogP contribution >= 0.6 is 0 Å². The molecule has 0 aliphatic carbocycles. The van der Waals surface area contributed by atoms with Crippen LogP contribution in [-0.2, 0) is 11.3 Å². The maximum atomic E-state index is 5.72. The summed E-state index contributed by atoms with van der Waals surface area (Å²) in [7, 11) is 0. The minimum Gasteiger partial charge on any atom is -0.376 e. The van der Waals surface area contributed by atoms with Crippen molar-refractivity contribution in [2.24, 2.45) is 0 Å². The summed E-state index contributed by atoms with van der Waals surface area (Å²) in [5.74, 6) is 1.06. The highest BCUT2D eigenvalue weighted by Gasteiger charge is 2.19. The van der Waals surface area contributed by atoms with Gasteiger partial charge in [0.1, 0.15) is 5.82 Å². The van der Waals surface area contributed by atoms with Crippen LogP contribution in [0, 0.1) is 0 Å². The molecular formula is C15H25N3O. The van der Waals surface area contributed by atoms with Gasteiger partial charge in [-0.05, 0) is 38.4 Å². The quantitative estimate of drug-likeness (QED) is 0.818. The first-order valence-corrected chi connectivity index (χ1v) is 7.36. The third kappa shape index (κ3) is 4.18. The molecule has 1 unspecified atom stereocenters. The first-order chi connectivity index (χ1) is 9.33. The van der Waals surface area contributed by atoms with Crippen LogP contribution in [0.3, 0.4) is 0 Å². The van der Waals surface area contributed by atoms with Gasteiger partial charge in [-0.1, -0.05) is 13.0 Å². The highest BCUT2D eigenvalue weighted by molar-refractivity contribution is 5.39. The van der Waals surface area contributed by atoms with E-state index >= 15 is 0 Å². The van der Waals surface area contributed by atoms with Gasteiger partial charge in [0.25, 0.3) is 0 Å². The van der Waals surface area contributed by atoms with Crippen molar-refractivity contribution in [3.05, 3.63) is 23.9 Å². The maximum Gasteiger partial charge on any atom is 0.128 e. The van der Waals surface area contributed by atoms with Gasteiger partial charge in [0.2, 0.25) is 0 Å². The Labute approximate surface area is 116 Å². The monoisotopic (exact) mass is 263 g/mol. The molecule has 4 nitrogen and oxygen atoms in total. The van der Waals surface area contributed by atoms with E-state index in [1.54, 1.807) is 0 Å². The molecule has 0 saturated carbocycles. The number of anilines is 1. The van der Waals surface area contributed by atoms with Gasteiger partial charge in [0, 0.05) is 26.2 Å². The molecule has 1 fully saturated rings. The molecule has 0 bridgehead atoms. The number of likely N-dealkylation sites (N-methyl/N-ethyl adjacent to an activating group) is 1. The standard InChI is InChI=1S/C15H25N3O/c1-3-16-11-13-7-5-9-15(17-13)18(4-2)12-14-8-6-10-19-14/h5,7,9,14,16H,3-4,6,8,10-12H2,1-2H3. The van der Waals surface area contributed by atoms with Crippen molar-refractivity contribution in [2.45, 2.75) is 39.3 Å². The molecule has 2 rings (SSSR count). The lowest BCUT2D eigenvalue weighted by Gasteiger charge is -2.25. The lowest BCUT2D eigenvalue weighted by atomic mass is 10.2. The van der Waals surface area contributed by atoms with Crippen LogP contribution in [0.5, 0.6) is 0 Å². The van der Waals surface area contributed by atoms with Crippen molar-refractivity contribution in [2.75, 3.05) is 31.1 Å². The molecule has 0 aromatic carbocycles. The maximum absolute atomic E-state index is 5.72. The number of aromatic nitrogens is 1. The van der Waals surface area contributed by atoms with Crippen molar-refractivity contribution in [3.63, 3.8) is 0 Å². The predicted molar refractivity (Wildman–Crippen MR) is 78.5 cm³/mol. The van der Waals surface area contributed by atoms with Crippen LogP contribution in [0.15, 0.2) is 18.2 Å². The highest BCUT2D eigenvalue weighted by atomic mass is 16.5. The summed E-state index contributed by atoms with van der Waals surface area (Å²) in [5.41, 5.74) is 1.10. The second kappa shape index (κ2) is 7.46. The minimum atomic E-state index is 0.374. The molecule has 2 heterocycles. The van der Waals surface area contributed by atoms with Crippen molar-refractivity contribution < 1.29 is 4.74 Å². The lowest BCUT2D eigenvalue weighted by Crippen LogP contribution is -2.32. The molecule has 0 spiro atoms. The van der Waals surface area contributed by atoms with E-state index in [9.17, 15) is 0 Å². The first-order valence-electron chi connectivity index (χ1n) is 7.36. The zero-order valence-corrected chi connectivity index (χ0v) is 12.1. The summed E-state index contributed by atoms with van der Waals surface area (Å²) < 4.78 is 5.72. The third-order valence-corrected chi connectivity index (χ3v) is 3.50. The van der Waals surface area contributed by atoms with E-state index in [2.05, 4.69) is 42.3 Å². The SMILES string of the molecule is CCNCc1cccc(N(CC)CC2CCCO2)n1. The average molecular weight is 263 g/mol. The van der Waals surface area contributed by atoms with E-state index in [0.29, 0.717) is 6.10 Å². The summed E-state index contributed by atoms with van der Waals surface area (Å²) in [6.07, 6.45) is 2.74. The van der Waals surface area contributed by atoms with Crippen LogP contribution in [0.4, 0.5) is 5.82 Å². The second-order valence-electron chi connectivity index (χ2n) is 4.94. The van der Waals surface area contributed by atoms with Crippen LogP contribution in [0.2, 0.25) is 0 Å². The molecular weight excluding hydrogens is 238 g/mol. The number of hydrogen-bond acceptors (Lipinski definition) is 4. The largest absolute Gasteiger partial charge is 0.376 e. The van der Waals surface area contributed by atoms with E-state index in [-0.39, 0.29) is 0 Å². The van der Waals surface area contributed by atoms with Gasteiger partial charge in [-0.2, -0.15) is 0 Å². The Morgan fingerprint density at radius 2 is 2.32 bits per heavy atom. The van der Waals surface area contributed by atoms with E-state index < -0.39 is 0 Å². The number of rotatable bonds is 7. The van der Waals surface area contributed by atoms with Crippen molar-refractivity contribution in [1.29, 1.82) is 0 Å². The Balaban J connectivity index is 2.00. The molecule has 1 saturated heterocycles. The number of pyridine rings is 1. The van der Waals surface area contributed by atoms with Crippen LogP contribution in [0.25, 0.3) is 0 Å². The van der Waals surface area contributed by atoms with Crippen LogP contribution in [0.1, 0.15) is 32.4 Å². The Morgan fingerprint density at radius 3 is 3.00 bits per heavy atom. The molecule has 0 radical (unpaired) electrons. The Hall–Kier alpha value is -1.13. The molecule has 4 heteroatoms. The molecule has 19 heavy (non-hydrogen) atoms. The van der Waals surface area contributed by atoms with E-state index in [4.69, 9.17) is 9.72 Å². The van der Waals surface area contributed by atoms with Gasteiger partial charge in [-0.15, -0.1) is 0 Å². The second-order valence-corrected chi connectivity index (χ2v) is 4.94. The van der Waals surface area contributed by atoms with Gasteiger partial charge in [0.15, 0.2) is 0 Å². The first kappa shape index (κ1) is 14.3. The summed E-state index contributed by atoms with van der Waals surface area (Å²) in [5, 5.41) is 3.32. The zero-order chi connectivity index (χ0) is 13.5. The molecule has 1 aromatic heterocycles. The Kier molecular flexibility index (Phi) is 5.61. The molecule has 106 valence electrons. The minimum absolute atomic E-state index is 0.374. The highest BCUT2D eigenvalue weighted by Crippen LogP contribution is 2.17. The van der Waals surface area contributed by atoms with E-state index in [0.717, 1.165) is 44.3 Å². The van der Waals surface area contributed by atoms with Crippen molar-refractivity contribution in [3.8, 4) is 0 Å². The fourth-order valence-corrected chi connectivity index (χ4v) is 2.41. The summed E-state index contributed by atoms with van der Waals surface area (Å²) in [4.78, 5) is 7.04. The molecule has 0 amide bonds. The summed E-state index contributed by atoms with van der Waals surface area (Å²) in [6, 6.07) is 6.26.